The number of hydrogen-bond acceptors (Lipinski definition) is 5. The van der Waals surface area contributed by atoms with Crippen LogP contribution in [0, 0.1) is 6.92 Å². The molecule has 1 fully saturated rings. The van der Waals surface area contributed by atoms with E-state index in [0.29, 0.717) is 24.5 Å². The van der Waals surface area contributed by atoms with Gasteiger partial charge in [-0.2, -0.15) is 0 Å². The number of aliphatic carboxylic acids is 1. The highest BCUT2D eigenvalue weighted by Crippen LogP contribution is 2.37. The van der Waals surface area contributed by atoms with E-state index in [0.717, 1.165) is 30.4 Å². The summed E-state index contributed by atoms with van der Waals surface area (Å²) in [7, 11) is 1.54. The summed E-state index contributed by atoms with van der Waals surface area (Å²) in [5.41, 5.74) is 2.04. The van der Waals surface area contributed by atoms with Gasteiger partial charge in [0.15, 0.2) is 5.78 Å². The first-order chi connectivity index (χ1) is 18.1. The molecular weight excluding hydrogens is 484 g/mol. The normalized spacial score (nSPS) is 19.2. The number of amides is 2. The molecule has 1 atom stereocenters. The van der Waals surface area contributed by atoms with Gasteiger partial charge in [-0.1, -0.05) is 36.4 Å². The standard InChI is InChI=1S/C30H40N2O6/c1-6-38-27-20(2)25(15-16-26(27)22(4)33)21(3)32(17-11-10-14-23-12-8-7-9-13-23)29(36)31-30(28(34)35)18-24(19-30)37-5/h7-9,12-13,15-16,21,24H,6,10-11,14,17-19H2,1-5H3,(H,31,36)(H,34,35)/t21-,24?,30?/m1/s1. The number of benzene rings is 2. The number of urea groups is 1. The van der Waals surface area contributed by atoms with Crippen LogP contribution in [0.3, 0.4) is 0 Å². The van der Waals surface area contributed by atoms with E-state index in [1.54, 1.807) is 18.1 Å². The number of Topliss-reactive ketones (excluding diaryl/α,β-unsaturated/α-hetero) is 1. The molecule has 8 nitrogen and oxygen atoms in total. The van der Waals surface area contributed by atoms with Crippen molar-refractivity contribution >= 4 is 17.8 Å². The smallest absolute Gasteiger partial charge is 0.329 e. The van der Waals surface area contributed by atoms with Crippen LogP contribution in [0.2, 0.25) is 0 Å². The van der Waals surface area contributed by atoms with Crippen LogP contribution in [0.4, 0.5) is 4.79 Å². The van der Waals surface area contributed by atoms with Gasteiger partial charge >= 0.3 is 12.0 Å². The van der Waals surface area contributed by atoms with Crippen molar-refractivity contribution in [3.05, 3.63) is 64.7 Å². The molecule has 8 heteroatoms. The number of methoxy groups -OCH3 is 1. The third-order valence-corrected chi connectivity index (χ3v) is 7.49. The molecule has 0 spiro atoms. The molecule has 0 unspecified atom stereocenters. The minimum Gasteiger partial charge on any atom is -0.493 e. The van der Waals surface area contributed by atoms with Crippen LogP contribution in [-0.2, 0) is 16.0 Å². The van der Waals surface area contributed by atoms with Gasteiger partial charge in [0.2, 0.25) is 0 Å². The fourth-order valence-corrected chi connectivity index (χ4v) is 5.15. The lowest BCUT2D eigenvalue weighted by atomic mass is 9.74. The fourth-order valence-electron chi connectivity index (χ4n) is 5.15. The van der Waals surface area contributed by atoms with Gasteiger partial charge in [0.25, 0.3) is 0 Å². The lowest BCUT2D eigenvalue weighted by Crippen LogP contribution is -2.66. The molecule has 0 aromatic heterocycles. The van der Waals surface area contributed by atoms with Crippen molar-refractivity contribution in [1.29, 1.82) is 0 Å². The Balaban J connectivity index is 1.85. The zero-order valence-electron chi connectivity index (χ0n) is 23.1. The molecule has 2 N–H and O–H groups in total. The first-order valence-corrected chi connectivity index (χ1v) is 13.3. The zero-order valence-corrected chi connectivity index (χ0v) is 23.1. The number of aryl methyl sites for hydroxylation is 1. The number of unbranched alkanes of at least 4 members (excludes halogenated alkanes) is 1. The van der Waals surface area contributed by atoms with Crippen molar-refractivity contribution < 1.29 is 29.0 Å². The maximum atomic E-state index is 13.7. The van der Waals surface area contributed by atoms with Crippen LogP contribution < -0.4 is 10.1 Å². The minimum atomic E-state index is -1.34. The van der Waals surface area contributed by atoms with E-state index >= 15 is 0 Å². The average Bonchev–Trinajstić information content (AvgIpc) is 2.87. The van der Waals surface area contributed by atoms with Crippen molar-refractivity contribution in [2.75, 3.05) is 20.3 Å². The summed E-state index contributed by atoms with van der Waals surface area (Å²) in [5, 5.41) is 12.7. The van der Waals surface area contributed by atoms with Crippen molar-refractivity contribution in [2.45, 2.75) is 77.5 Å². The largest absolute Gasteiger partial charge is 0.493 e. The van der Waals surface area contributed by atoms with Crippen molar-refractivity contribution in [3.8, 4) is 5.75 Å². The number of carbonyl (C=O) groups is 3. The number of nitrogens with zero attached hydrogens (tertiary/aromatic N) is 1. The Morgan fingerprint density at radius 3 is 2.39 bits per heavy atom. The van der Waals surface area contributed by atoms with Crippen LogP contribution in [0.5, 0.6) is 5.75 Å². The molecule has 1 saturated carbocycles. The van der Waals surface area contributed by atoms with Crippen LogP contribution >= 0.6 is 0 Å². The number of nitrogens with one attached hydrogen (secondary N) is 1. The summed E-state index contributed by atoms with van der Waals surface area (Å²) in [4.78, 5) is 39.7. The van der Waals surface area contributed by atoms with E-state index in [1.807, 2.05) is 45.0 Å². The molecule has 1 aliphatic rings. The van der Waals surface area contributed by atoms with E-state index in [9.17, 15) is 19.5 Å². The molecule has 0 heterocycles. The molecule has 1 aliphatic carbocycles. The maximum absolute atomic E-state index is 13.7. The second-order valence-corrected chi connectivity index (χ2v) is 10.0. The van der Waals surface area contributed by atoms with Crippen LogP contribution in [-0.4, -0.2) is 59.7 Å². The quantitative estimate of drug-likeness (QED) is 0.271. The third-order valence-electron chi connectivity index (χ3n) is 7.49. The molecule has 2 aromatic rings. The van der Waals surface area contributed by atoms with E-state index in [2.05, 4.69) is 17.4 Å². The van der Waals surface area contributed by atoms with Crippen molar-refractivity contribution in [1.82, 2.24) is 10.2 Å². The fraction of sp³-hybridized carbons (Fsp3) is 0.500. The topological polar surface area (TPSA) is 105 Å². The highest BCUT2D eigenvalue weighted by atomic mass is 16.5. The highest BCUT2D eigenvalue weighted by Gasteiger charge is 2.52. The van der Waals surface area contributed by atoms with Gasteiger partial charge in [-0.15, -0.1) is 0 Å². The predicted octanol–water partition coefficient (Wildman–Crippen LogP) is 5.32. The number of ketones is 1. The van der Waals surface area contributed by atoms with Gasteiger partial charge in [-0.25, -0.2) is 9.59 Å². The van der Waals surface area contributed by atoms with Gasteiger partial charge in [-0.3, -0.25) is 4.79 Å². The Morgan fingerprint density at radius 2 is 1.82 bits per heavy atom. The number of carboxylic acid groups (broad SMARTS) is 1. The molecule has 206 valence electrons. The van der Waals surface area contributed by atoms with E-state index < -0.39 is 17.5 Å². The molecule has 0 aliphatic heterocycles. The molecule has 3 rings (SSSR count). The lowest BCUT2D eigenvalue weighted by molar-refractivity contribution is -0.155. The van der Waals surface area contributed by atoms with Crippen LogP contribution in [0.1, 0.15) is 79.5 Å². The Labute approximate surface area is 225 Å². The molecular formula is C30H40N2O6. The summed E-state index contributed by atoms with van der Waals surface area (Å²) in [5.74, 6) is -0.624. The maximum Gasteiger partial charge on any atom is 0.329 e. The second kappa shape index (κ2) is 12.9. The molecule has 2 aromatic carbocycles. The zero-order chi connectivity index (χ0) is 27.9. The molecule has 2 amide bonds. The minimum absolute atomic E-state index is 0.0904. The number of rotatable bonds is 13. The summed E-state index contributed by atoms with van der Waals surface area (Å²) in [6.07, 6.45) is 2.76. The number of carbonyl (C=O) groups excluding carboxylic acids is 2. The number of hydrogen-bond donors (Lipinski definition) is 2. The van der Waals surface area contributed by atoms with Crippen molar-refractivity contribution in [3.63, 3.8) is 0 Å². The molecule has 0 radical (unpaired) electrons. The van der Waals surface area contributed by atoms with Crippen molar-refractivity contribution in [2.24, 2.45) is 0 Å². The monoisotopic (exact) mass is 524 g/mol. The second-order valence-electron chi connectivity index (χ2n) is 10.0. The summed E-state index contributed by atoms with van der Waals surface area (Å²) < 4.78 is 11.1. The first-order valence-electron chi connectivity index (χ1n) is 13.3. The Bertz CT molecular complexity index is 1130. The Kier molecular flexibility index (Phi) is 9.91. The SMILES string of the molecule is CCOc1c(C(C)=O)ccc([C@@H](C)N(CCCCc2ccccc2)C(=O)NC2(C(=O)O)CC(OC)C2)c1C. The third kappa shape index (κ3) is 6.54. The number of ether oxygens (including phenoxy) is 2. The summed E-state index contributed by atoms with van der Waals surface area (Å²) in [6.45, 7) is 8.04. The van der Waals surface area contributed by atoms with E-state index in [-0.39, 0.29) is 30.8 Å². The van der Waals surface area contributed by atoms with E-state index in [1.165, 1.54) is 12.5 Å². The van der Waals surface area contributed by atoms with Gasteiger partial charge in [0.1, 0.15) is 11.3 Å². The first kappa shape index (κ1) is 29.2. The van der Waals surface area contributed by atoms with E-state index in [4.69, 9.17) is 9.47 Å². The van der Waals surface area contributed by atoms with Gasteiger partial charge in [0, 0.05) is 26.5 Å². The average molecular weight is 525 g/mol. The van der Waals surface area contributed by atoms with Gasteiger partial charge in [0.05, 0.1) is 24.3 Å². The Morgan fingerprint density at radius 1 is 1.13 bits per heavy atom. The lowest BCUT2D eigenvalue weighted by Gasteiger charge is -2.45. The summed E-state index contributed by atoms with van der Waals surface area (Å²) >= 11 is 0. The summed E-state index contributed by atoms with van der Waals surface area (Å²) in [6, 6.07) is 13.0. The van der Waals surface area contributed by atoms with Crippen LogP contribution in [0.25, 0.3) is 0 Å². The Hall–Kier alpha value is -3.39. The number of carboxylic acids is 1. The molecule has 38 heavy (non-hydrogen) atoms. The molecule has 0 bridgehead atoms. The highest BCUT2D eigenvalue weighted by molar-refractivity contribution is 5.97. The van der Waals surface area contributed by atoms with Gasteiger partial charge < -0.3 is 24.8 Å². The molecule has 0 saturated heterocycles. The predicted molar refractivity (Wildman–Crippen MR) is 146 cm³/mol. The van der Waals surface area contributed by atoms with Crippen LogP contribution in [0.15, 0.2) is 42.5 Å². The van der Waals surface area contributed by atoms with Gasteiger partial charge in [-0.05, 0) is 69.7 Å².